The summed E-state index contributed by atoms with van der Waals surface area (Å²) < 4.78 is 6.48. The Morgan fingerprint density at radius 2 is 1.90 bits per heavy atom. The van der Waals surface area contributed by atoms with E-state index in [9.17, 15) is 4.79 Å². The van der Waals surface area contributed by atoms with Gasteiger partial charge in [-0.1, -0.05) is 12.8 Å². The van der Waals surface area contributed by atoms with Crippen LogP contribution in [-0.4, -0.2) is 41.5 Å². The standard InChI is InChI=1S/C18H29NO2/c20-17-7-3-5-15(17)16-6-4-12-19(16)13-14-8-11-18(21-14)9-1-2-10-18/h14-16H,1-13H2. The third-order valence-electron chi connectivity index (χ3n) is 6.52. The molecule has 118 valence electrons. The molecule has 3 heteroatoms. The van der Waals surface area contributed by atoms with Crippen LogP contribution >= 0.6 is 0 Å². The molecule has 0 bridgehead atoms. The van der Waals surface area contributed by atoms with E-state index in [1.54, 1.807) is 0 Å². The Morgan fingerprint density at radius 1 is 1.05 bits per heavy atom. The van der Waals surface area contributed by atoms with E-state index < -0.39 is 0 Å². The van der Waals surface area contributed by atoms with Gasteiger partial charge in [-0.25, -0.2) is 0 Å². The van der Waals surface area contributed by atoms with Crippen LogP contribution in [-0.2, 0) is 9.53 Å². The Morgan fingerprint density at radius 3 is 2.67 bits per heavy atom. The molecule has 3 nitrogen and oxygen atoms in total. The summed E-state index contributed by atoms with van der Waals surface area (Å²) in [6.07, 6.45) is 13.8. The van der Waals surface area contributed by atoms with Gasteiger partial charge in [0.25, 0.3) is 0 Å². The van der Waals surface area contributed by atoms with E-state index in [4.69, 9.17) is 4.74 Å². The van der Waals surface area contributed by atoms with Gasteiger partial charge in [0, 0.05) is 24.9 Å². The van der Waals surface area contributed by atoms with Gasteiger partial charge >= 0.3 is 0 Å². The lowest BCUT2D eigenvalue weighted by Gasteiger charge is -2.31. The highest BCUT2D eigenvalue weighted by Crippen LogP contribution is 2.44. The number of nitrogens with zero attached hydrogens (tertiary/aromatic N) is 1. The largest absolute Gasteiger partial charge is 0.370 e. The van der Waals surface area contributed by atoms with E-state index in [1.165, 1.54) is 57.9 Å². The summed E-state index contributed by atoms with van der Waals surface area (Å²) in [6.45, 7) is 2.26. The lowest BCUT2D eigenvalue weighted by atomic mass is 9.94. The van der Waals surface area contributed by atoms with Crippen LogP contribution in [0.1, 0.15) is 70.6 Å². The minimum Gasteiger partial charge on any atom is -0.370 e. The van der Waals surface area contributed by atoms with Crippen molar-refractivity contribution in [3.63, 3.8) is 0 Å². The van der Waals surface area contributed by atoms with Crippen molar-refractivity contribution >= 4 is 5.78 Å². The van der Waals surface area contributed by atoms with Gasteiger partial charge in [-0.05, 0) is 57.9 Å². The molecule has 21 heavy (non-hydrogen) atoms. The first-order valence-corrected chi connectivity index (χ1v) is 9.20. The maximum atomic E-state index is 12.1. The Labute approximate surface area is 128 Å². The maximum Gasteiger partial charge on any atom is 0.137 e. The fraction of sp³-hybridized carbons (Fsp3) is 0.944. The molecule has 4 aliphatic rings. The summed E-state index contributed by atoms with van der Waals surface area (Å²) in [5.74, 6) is 0.876. The molecular weight excluding hydrogens is 262 g/mol. The molecule has 3 atom stereocenters. The molecule has 0 aromatic rings. The summed E-state index contributed by atoms with van der Waals surface area (Å²) in [6, 6.07) is 0.531. The number of Topliss-reactive ketones (excluding diaryl/α,β-unsaturated/α-hetero) is 1. The number of rotatable bonds is 3. The molecule has 0 aromatic heterocycles. The SMILES string of the molecule is O=C1CCCC1C1CCCN1CC1CCC2(CCCC2)O1. The van der Waals surface area contributed by atoms with Crippen molar-refractivity contribution in [2.75, 3.05) is 13.1 Å². The van der Waals surface area contributed by atoms with Gasteiger partial charge in [-0.2, -0.15) is 0 Å². The summed E-state index contributed by atoms with van der Waals surface area (Å²) in [7, 11) is 0. The minimum atomic E-state index is 0.253. The number of hydrogen-bond acceptors (Lipinski definition) is 3. The predicted molar refractivity (Wildman–Crippen MR) is 82.2 cm³/mol. The first-order chi connectivity index (χ1) is 10.3. The van der Waals surface area contributed by atoms with Crippen molar-refractivity contribution in [3.05, 3.63) is 0 Å². The van der Waals surface area contributed by atoms with Crippen LogP contribution in [0.25, 0.3) is 0 Å². The van der Waals surface area contributed by atoms with Gasteiger partial charge in [-0.15, -0.1) is 0 Å². The van der Waals surface area contributed by atoms with Crippen LogP contribution in [0.3, 0.4) is 0 Å². The summed E-state index contributed by atoms with van der Waals surface area (Å²) in [5, 5.41) is 0. The second-order valence-electron chi connectivity index (χ2n) is 7.84. The van der Waals surface area contributed by atoms with E-state index in [1.807, 2.05) is 0 Å². The molecule has 0 radical (unpaired) electrons. The third-order valence-corrected chi connectivity index (χ3v) is 6.52. The number of carbonyl (C=O) groups is 1. The van der Waals surface area contributed by atoms with Crippen LogP contribution in [0.5, 0.6) is 0 Å². The van der Waals surface area contributed by atoms with Gasteiger partial charge in [0.15, 0.2) is 0 Å². The number of ketones is 1. The molecule has 0 aromatic carbocycles. The Bertz CT molecular complexity index is 402. The van der Waals surface area contributed by atoms with Crippen molar-refractivity contribution in [1.82, 2.24) is 4.90 Å². The van der Waals surface area contributed by atoms with Crippen LogP contribution in [0.15, 0.2) is 0 Å². The van der Waals surface area contributed by atoms with Crippen LogP contribution < -0.4 is 0 Å². The molecule has 2 aliphatic heterocycles. The van der Waals surface area contributed by atoms with E-state index in [0.29, 0.717) is 23.8 Å². The van der Waals surface area contributed by atoms with Gasteiger partial charge in [0.2, 0.25) is 0 Å². The molecule has 4 fully saturated rings. The highest BCUT2D eigenvalue weighted by atomic mass is 16.5. The first kappa shape index (κ1) is 14.2. The Balaban J connectivity index is 1.37. The summed E-state index contributed by atoms with van der Waals surface area (Å²) >= 11 is 0. The van der Waals surface area contributed by atoms with E-state index in [-0.39, 0.29) is 5.60 Å². The summed E-state index contributed by atoms with van der Waals surface area (Å²) in [5.41, 5.74) is 0.253. The normalized spacial score (nSPS) is 39.8. The zero-order valence-corrected chi connectivity index (χ0v) is 13.2. The lowest BCUT2D eigenvalue weighted by Crippen LogP contribution is -2.42. The van der Waals surface area contributed by atoms with Gasteiger partial charge in [0.05, 0.1) is 11.7 Å². The van der Waals surface area contributed by atoms with Gasteiger partial charge in [-0.3, -0.25) is 9.69 Å². The monoisotopic (exact) mass is 291 g/mol. The molecule has 0 N–H and O–H groups in total. The van der Waals surface area contributed by atoms with Crippen LogP contribution in [0.4, 0.5) is 0 Å². The van der Waals surface area contributed by atoms with Crippen molar-refractivity contribution in [2.24, 2.45) is 5.92 Å². The van der Waals surface area contributed by atoms with Crippen molar-refractivity contribution in [1.29, 1.82) is 0 Å². The molecule has 3 unspecified atom stereocenters. The Hall–Kier alpha value is -0.410. The molecule has 1 spiro atoms. The average Bonchev–Trinajstić information content (AvgIpc) is 3.22. The highest BCUT2D eigenvalue weighted by molar-refractivity contribution is 5.83. The maximum absolute atomic E-state index is 12.1. The highest BCUT2D eigenvalue weighted by Gasteiger charge is 2.44. The molecule has 2 saturated heterocycles. The molecule has 2 aliphatic carbocycles. The molecular formula is C18H29NO2. The minimum absolute atomic E-state index is 0.253. The van der Waals surface area contributed by atoms with Gasteiger partial charge in [0.1, 0.15) is 5.78 Å². The second-order valence-corrected chi connectivity index (χ2v) is 7.84. The summed E-state index contributed by atoms with van der Waals surface area (Å²) in [4.78, 5) is 14.7. The number of likely N-dealkylation sites (tertiary alicyclic amines) is 1. The quantitative estimate of drug-likeness (QED) is 0.799. The number of carbonyl (C=O) groups excluding carboxylic acids is 1. The van der Waals surface area contributed by atoms with E-state index in [0.717, 1.165) is 25.8 Å². The molecule has 2 saturated carbocycles. The van der Waals surface area contributed by atoms with Crippen LogP contribution in [0.2, 0.25) is 0 Å². The zero-order valence-electron chi connectivity index (χ0n) is 13.2. The first-order valence-electron chi connectivity index (χ1n) is 9.20. The number of hydrogen-bond donors (Lipinski definition) is 0. The lowest BCUT2D eigenvalue weighted by molar-refractivity contribution is -0.122. The van der Waals surface area contributed by atoms with E-state index >= 15 is 0 Å². The molecule has 0 amide bonds. The fourth-order valence-corrected chi connectivity index (χ4v) is 5.46. The number of ether oxygens (including phenoxy) is 1. The predicted octanol–water partition coefficient (Wildman–Crippen LogP) is 3.31. The second kappa shape index (κ2) is 5.66. The van der Waals surface area contributed by atoms with Crippen molar-refractivity contribution in [3.8, 4) is 0 Å². The smallest absolute Gasteiger partial charge is 0.137 e. The molecule has 2 heterocycles. The zero-order chi connectivity index (χ0) is 14.3. The van der Waals surface area contributed by atoms with Crippen LogP contribution in [0, 0.1) is 5.92 Å². The average molecular weight is 291 g/mol. The van der Waals surface area contributed by atoms with Crippen molar-refractivity contribution < 1.29 is 9.53 Å². The van der Waals surface area contributed by atoms with E-state index in [2.05, 4.69) is 4.90 Å². The third kappa shape index (κ3) is 2.68. The Kier molecular flexibility index (Phi) is 3.83. The fourth-order valence-electron chi connectivity index (χ4n) is 5.46. The van der Waals surface area contributed by atoms with Crippen molar-refractivity contribution in [2.45, 2.75) is 88.4 Å². The topological polar surface area (TPSA) is 29.5 Å². The van der Waals surface area contributed by atoms with Gasteiger partial charge < -0.3 is 4.74 Å². The molecule has 4 rings (SSSR count).